The van der Waals surface area contributed by atoms with E-state index in [1.807, 2.05) is 32.9 Å². The second-order valence-corrected chi connectivity index (χ2v) is 13.0. The number of hydrogen-bond acceptors (Lipinski definition) is 8. The molecule has 184 valence electrons. The van der Waals surface area contributed by atoms with Crippen molar-refractivity contribution in [1.82, 2.24) is 10.2 Å². The first-order chi connectivity index (χ1) is 16.6. The number of nitrogens with zero attached hydrogens (tertiary/aromatic N) is 3. The molecular weight excluding hydrogens is 504 g/mol. The van der Waals surface area contributed by atoms with Crippen molar-refractivity contribution < 1.29 is 17.9 Å². The Bertz CT molecular complexity index is 1330. The highest BCUT2D eigenvalue weighted by Crippen LogP contribution is 2.40. The maximum absolute atomic E-state index is 13.6. The minimum Gasteiger partial charge on any atom is -0.476 e. The van der Waals surface area contributed by atoms with E-state index in [4.69, 9.17) is 4.74 Å². The van der Waals surface area contributed by atoms with Crippen LogP contribution in [0.4, 0.5) is 10.8 Å². The first-order valence-electron chi connectivity index (χ1n) is 10.9. The Hall–Kier alpha value is -2.89. The van der Waals surface area contributed by atoms with Crippen molar-refractivity contribution >= 4 is 49.8 Å². The minimum atomic E-state index is -3.95. The molecule has 8 nitrogen and oxygen atoms in total. The fourth-order valence-electron chi connectivity index (χ4n) is 3.44. The number of sulfonamides is 1. The highest BCUT2D eigenvalue weighted by atomic mass is 32.2. The summed E-state index contributed by atoms with van der Waals surface area (Å²) >= 11 is 2.69. The number of ether oxygens (including phenoxy) is 1. The van der Waals surface area contributed by atoms with Crippen molar-refractivity contribution in [1.29, 1.82) is 0 Å². The number of amides is 1. The lowest BCUT2D eigenvalue weighted by Crippen LogP contribution is -2.49. The zero-order chi connectivity index (χ0) is 25.2. The van der Waals surface area contributed by atoms with Crippen LogP contribution in [-0.4, -0.2) is 42.9 Å². The SMILES string of the molecule is C=CCSc1nnc(NC(=O)[C@@H]2CN(S(=O)(=O)c3ccccc3)c3cc(C(C)(C)C)ccc3O2)s1. The Morgan fingerprint density at radius 3 is 2.69 bits per heavy atom. The van der Waals surface area contributed by atoms with Crippen LogP contribution < -0.4 is 14.4 Å². The predicted molar refractivity (Wildman–Crippen MR) is 140 cm³/mol. The van der Waals surface area contributed by atoms with Crippen LogP contribution in [0.25, 0.3) is 0 Å². The number of carbonyl (C=O) groups is 1. The number of fused-ring (bicyclic) bond motifs is 1. The molecule has 1 aliphatic heterocycles. The number of benzene rings is 2. The summed E-state index contributed by atoms with van der Waals surface area (Å²) in [5, 5.41) is 11.1. The summed E-state index contributed by atoms with van der Waals surface area (Å²) in [4.78, 5) is 13.2. The van der Waals surface area contributed by atoms with Gasteiger partial charge in [0.25, 0.3) is 15.9 Å². The van der Waals surface area contributed by atoms with Gasteiger partial charge in [-0.15, -0.1) is 16.8 Å². The van der Waals surface area contributed by atoms with Gasteiger partial charge in [0.2, 0.25) is 5.13 Å². The molecule has 0 spiro atoms. The van der Waals surface area contributed by atoms with E-state index in [0.29, 0.717) is 26.7 Å². The van der Waals surface area contributed by atoms with Crippen molar-refractivity contribution in [3.8, 4) is 5.75 Å². The molecule has 0 bridgehead atoms. The van der Waals surface area contributed by atoms with E-state index in [0.717, 1.165) is 5.56 Å². The van der Waals surface area contributed by atoms with Gasteiger partial charge in [-0.05, 0) is 35.2 Å². The average molecular weight is 531 g/mol. The Balaban J connectivity index is 1.67. The Kier molecular flexibility index (Phi) is 7.20. The van der Waals surface area contributed by atoms with Crippen molar-refractivity contribution in [3.63, 3.8) is 0 Å². The number of carbonyl (C=O) groups excluding carboxylic acids is 1. The maximum atomic E-state index is 13.6. The van der Waals surface area contributed by atoms with Crippen LogP contribution in [0.2, 0.25) is 0 Å². The quantitative estimate of drug-likeness (QED) is 0.268. The highest BCUT2D eigenvalue weighted by Gasteiger charge is 2.38. The summed E-state index contributed by atoms with van der Waals surface area (Å²) in [7, 11) is -3.95. The molecule has 3 aromatic rings. The van der Waals surface area contributed by atoms with E-state index < -0.39 is 22.0 Å². The average Bonchev–Trinajstić information content (AvgIpc) is 3.28. The van der Waals surface area contributed by atoms with Crippen LogP contribution in [-0.2, 0) is 20.2 Å². The van der Waals surface area contributed by atoms with E-state index in [2.05, 4.69) is 22.1 Å². The molecule has 1 atom stereocenters. The van der Waals surface area contributed by atoms with Crippen molar-refractivity contribution in [3.05, 3.63) is 66.7 Å². The van der Waals surface area contributed by atoms with E-state index in [1.54, 1.807) is 30.3 Å². The van der Waals surface area contributed by atoms with Gasteiger partial charge in [0, 0.05) is 5.75 Å². The third-order valence-corrected chi connectivity index (χ3v) is 9.04. The Morgan fingerprint density at radius 2 is 2.00 bits per heavy atom. The van der Waals surface area contributed by atoms with Gasteiger partial charge in [-0.3, -0.25) is 14.4 Å². The standard InChI is InChI=1S/C24H26N4O4S3/c1-5-13-33-23-27-26-22(34-23)25-21(29)20-15-28(35(30,31)17-9-7-6-8-10-17)18-14-16(24(2,3)4)11-12-19(18)32-20/h5-12,14,20H,1,13,15H2,2-4H3,(H,25,26,29)/t20-/m0/s1. The van der Waals surface area contributed by atoms with Crippen LogP contribution in [0, 0.1) is 0 Å². The summed E-state index contributed by atoms with van der Waals surface area (Å²) in [6, 6.07) is 13.6. The first-order valence-corrected chi connectivity index (χ1v) is 14.1. The van der Waals surface area contributed by atoms with Gasteiger partial charge in [-0.25, -0.2) is 8.42 Å². The molecule has 2 heterocycles. The molecule has 2 aromatic carbocycles. The lowest BCUT2D eigenvalue weighted by atomic mass is 9.86. The van der Waals surface area contributed by atoms with Gasteiger partial charge in [-0.2, -0.15) is 0 Å². The van der Waals surface area contributed by atoms with E-state index in [1.165, 1.54) is 39.5 Å². The zero-order valence-corrected chi connectivity index (χ0v) is 22.0. The topological polar surface area (TPSA) is 101 Å². The van der Waals surface area contributed by atoms with Crippen molar-refractivity contribution in [2.24, 2.45) is 0 Å². The maximum Gasteiger partial charge on any atom is 0.269 e. The van der Waals surface area contributed by atoms with Crippen LogP contribution in [0.3, 0.4) is 0 Å². The minimum absolute atomic E-state index is 0.140. The number of hydrogen-bond donors (Lipinski definition) is 1. The lowest BCUT2D eigenvalue weighted by molar-refractivity contribution is -0.122. The summed E-state index contributed by atoms with van der Waals surface area (Å²) in [6.07, 6.45) is 0.680. The second kappa shape index (κ2) is 10.00. The van der Waals surface area contributed by atoms with Gasteiger partial charge in [0.15, 0.2) is 10.4 Å². The fourth-order valence-corrected chi connectivity index (χ4v) is 6.44. The molecule has 0 aliphatic carbocycles. The Labute approximate surface area is 213 Å². The molecule has 1 aliphatic rings. The van der Waals surface area contributed by atoms with Crippen LogP contribution >= 0.6 is 23.1 Å². The van der Waals surface area contributed by atoms with Gasteiger partial charge in [-0.1, -0.05) is 74.2 Å². The summed E-state index contributed by atoms with van der Waals surface area (Å²) in [6.45, 7) is 9.64. The van der Waals surface area contributed by atoms with Crippen LogP contribution in [0.1, 0.15) is 26.3 Å². The van der Waals surface area contributed by atoms with Crippen LogP contribution in [0.15, 0.2) is 70.4 Å². The van der Waals surface area contributed by atoms with Gasteiger partial charge >= 0.3 is 0 Å². The second-order valence-electron chi connectivity index (χ2n) is 8.85. The first kappa shape index (κ1) is 25.2. The van der Waals surface area contributed by atoms with Crippen molar-refractivity contribution in [2.75, 3.05) is 21.9 Å². The number of nitrogens with one attached hydrogen (secondary N) is 1. The molecule has 0 saturated heterocycles. The van der Waals surface area contributed by atoms with E-state index in [-0.39, 0.29) is 16.9 Å². The molecule has 35 heavy (non-hydrogen) atoms. The Morgan fingerprint density at radius 1 is 1.26 bits per heavy atom. The summed E-state index contributed by atoms with van der Waals surface area (Å²) < 4.78 is 35.2. The summed E-state index contributed by atoms with van der Waals surface area (Å²) in [5.74, 6) is 0.497. The molecule has 4 rings (SSSR count). The molecule has 0 radical (unpaired) electrons. The zero-order valence-electron chi connectivity index (χ0n) is 19.6. The number of anilines is 2. The molecular formula is C24H26N4O4S3. The number of thioether (sulfide) groups is 1. The molecule has 1 aromatic heterocycles. The predicted octanol–water partition coefficient (Wildman–Crippen LogP) is 4.71. The third-order valence-electron chi connectivity index (χ3n) is 5.28. The van der Waals surface area contributed by atoms with Gasteiger partial charge in [0.05, 0.1) is 17.1 Å². The highest BCUT2D eigenvalue weighted by molar-refractivity contribution is 8.01. The van der Waals surface area contributed by atoms with Crippen LogP contribution in [0.5, 0.6) is 5.75 Å². The van der Waals surface area contributed by atoms with Gasteiger partial charge in [0.1, 0.15) is 5.75 Å². The lowest BCUT2D eigenvalue weighted by Gasteiger charge is -2.35. The monoisotopic (exact) mass is 530 g/mol. The van der Waals surface area contributed by atoms with Gasteiger partial charge < -0.3 is 4.74 Å². The number of rotatable bonds is 7. The molecule has 0 fully saturated rings. The van der Waals surface area contributed by atoms with Crippen molar-refractivity contribution in [2.45, 2.75) is 41.5 Å². The molecule has 1 N–H and O–H groups in total. The van der Waals surface area contributed by atoms with E-state index in [9.17, 15) is 13.2 Å². The molecule has 0 unspecified atom stereocenters. The normalized spacial score (nSPS) is 15.7. The molecule has 0 saturated carbocycles. The summed E-state index contributed by atoms with van der Waals surface area (Å²) in [5.41, 5.74) is 1.16. The number of aromatic nitrogens is 2. The fraction of sp³-hybridized carbons (Fsp3) is 0.292. The third kappa shape index (κ3) is 5.52. The largest absolute Gasteiger partial charge is 0.476 e. The molecule has 11 heteroatoms. The van der Waals surface area contributed by atoms with E-state index >= 15 is 0 Å². The molecule has 1 amide bonds. The smallest absolute Gasteiger partial charge is 0.269 e.